The third-order valence-corrected chi connectivity index (χ3v) is 3.57. The minimum Gasteiger partial charge on any atom is -0.484 e. The Morgan fingerprint density at radius 3 is 2.54 bits per heavy atom. The number of carbonyl (C=O) groups is 1. The Bertz CT molecular complexity index is 540. The number of rotatable bonds is 5. The maximum Gasteiger partial charge on any atom is 0.422 e. The molecule has 1 saturated heterocycles. The largest absolute Gasteiger partial charge is 0.484 e. The van der Waals surface area contributed by atoms with Crippen LogP contribution in [0.2, 0.25) is 0 Å². The first-order chi connectivity index (χ1) is 10.7. The third-order valence-electron chi connectivity index (χ3n) is 3.57. The Morgan fingerprint density at radius 1 is 1.42 bits per heavy atom. The highest BCUT2D eigenvalue weighted by Gasteiger charge is 2.29. The standard InChI is InChI=1S/C15H19F3N2O3.ClH/c1-9(20-14(22)13-6-11(21)7-19-13)10-2-4-12(5-3-10)23-8-15(16,17)18;/h2-5,9,11,13,19,21H,6-8H2,1H3,(H,20,22);1H. The van der Waals surface area contributed by atoms with Gasteiger partial charge in [-0.15, -0.1) is 12.4 Å². The van der Waals surface area contributed by atoms with Crippen LogP contribution in [0.3, 0.4) is 0 Å². The van der Waals surface area contributed by atoms with Gasteiger partial charge in [-0.3, -0.25) is 4.79 Å². The topological polar surface area (TPSA) is 70.6 Å². The second kappa shape index (κ2) is 8.55. The second-order valence-corrected chi connectivity index (χ2v) is 5.55. The van der Waals surface area contributed by atoms with Crippen molar-refractivity contribution in [1.29, 1.82) is 0 Å². The van der Waals surface area contributed by atoms with Crippen molar-refractivity contribution in [3.63, 3.8) is 0 Å². The van der Waals surface area contributed by atoms with E-state index in [1.54, 1.807) is 19.1 Å². The fourth-order valence-corrected chi connectivity index (χ4v) is 2.33. The number of hydrogen-bond acceptors (Lipinski definition) is 4. The number of alkyl halides is 3. The zero-order valence-electron chi connectivity index (χ0n) is 13.0. The van der Waals surface area contributed by atoms with Gasteiger partial charge in [0.2, 0.25) is 5.91 Å². The minimum atomic E-state index is -4.38. The molecule has 0 saturated carbocycles. The summed E-state index contributed by atoms with van der Waals surface area (Å²) in [6, 6.07) is 5.34. The molecule has 24 heavy (non-hydrogen) atoms. The van der Waals surface area contributed by atoms with Gasteiger partial charge in [0.1, 0.15) is 5.75 Å². The first-order valence-corrected chi connectivity index (χ1v) is 7.26. The van der Waals surface area contributed by atoms with E-state index in [1.807, 2.05) is 0 Å². The summed E-state index contributed by atoms with van der Waals surface area (Å²) in [7, 11) is 0. The lowest BCUT2D eigenvalue weighted by Crippen LogP contribution is -2.41. The maximum atomic E-state index is 12.1. The number of β-amino-alcohol motifs (C(OH)–C–C–N with tert-alkyl or cyclic N) is 1. The van der Waals surface area contributed by atoms with Gasteiger partial charge in [-0.2, -0.15) is 13.2 Å². The van der Waals surface area contributed by atoms with Crippen LogP contribution < -0.4 is 15.4 Å². The van der Waals surface area contributed by atoms with E-state index in [-0.39, 0.29) is 30.1 Å². The van der Waals surface area contributed by atoms with Crippen molar-refractivity contribution in [3.8, 4) is 5.75 Å². The molecule has 0 radical (unpaired) electrons. The molecule has 0 spiro atoms. The highest BCUT2D eigenvalue weighted by molar-refractivity contribution is 5.85. The van der Waals surface area contributed by atoms with E-state index >= 15 is 0 Å². The number of aliphatic hydroxyl groups excluding tert-OH is 1. The zero-order chi connectivity index (χ0) is 17.0. The number of amides is 1. The molecule has 0 aromatic heterocycles. The average Bonchev–Trinajstić information content (AvgIpc) is 2.91. The lowest BCUT2D eigenvalue weighted by Gasteiger charge is -2.18. The molecule has 0 bridgehead atoms. The fourth-order valence-electron chi connectivity index (χ4n) is 2.33. The minimum absolute atomic E-state index is 0. The quantitative estimate of drug-likeness (QED) is 0.743. The van der Waals surface area contributed by atoms with E-state index in [4.69, 9.17) is 0 Å². The molecule has 5 nitrogen and oxygen atoms in total. The van der Waals surface area contributed by atoms with Gasteiger partial charge in [-0.05, 0) is 31.0 Å². The molecule has 1 amide bonds. The Labute approximate surface area is 144 Å². The number of hydrogen-bond donors (Lipinski definition) is 3. The van der Waals surface area contributed by atoms with Gasteiger partial charge >= 0.3 is 6.18 Å². The summed E-state index contributed by atoms with van der Waals surface area (Å²) in [6.07, 6.45) is -4.53. The van der Waals surface area contributed by atoms with Gasteiger partial charge < -0.3 is 20.5 Å². The molecular weight excluding hydrogens is 349 g/mol. The molecule has 3 atom stereocenters. The summed E-state index contributed by atoms with van der Waals surface area (Å²) in [5, 5.41) is 15.1. The number of aliphatic hydroxyl groups is 1. The van der Waals surface area contributed by atoms with Crippen LogP contribution in [-0.2, 0) is 4.79 Å². The molecule has 2 rings (SSSR count). The van der Waals surface area contributed by atoms with E-state index in [0.29, 0.717) is 13.0 Å². The van der Waals surface area contributed by atoms with E-state index in [2.05, 4.69) is 15.4 Å². The third kappa shape index (κ3) is 6.18. The fraction of sp³-hybridized carbons (Fsp3) is 0.533. The number of nitrogens with one attached hydrogen (secondary N) is 2. The van der Waals surface area contributed by atoms with Crippen LogP contribution in [0.5, 0.6) is 5.75 Å². The molecule has 1 heterocycles. The summed E-state index contributed by atoms with van der Waals surface area (Å²) in [5.74, 6) is -0.100. The Morgan fingerprint density at radius 2 is 2.04 bits per heavy atom. The number of halogens is 4. The van der Waals surface area contributed by atoms with Crippen LogP contribution in [0.1, 0.15) is 24.9 Å². The van der Waals surface area contributed by atoms with Crippen molar-refractivity contribution in [1.82, 2.24) is 10.6 Å². The smallest absolute Gasteiger partial charge is 0.422 e. The van der Waals surface area contributed by atoms with Crippen LogP contribution in [0.25, 0.3) is 0 Å². The Hall–Kier alpha value is -1.51. The number of carbonyl (C=O) groups excluding carboxylic acids is 1. The summed E-state index contributed by atoms with van der Waals surface area (Å²) in [4.78, 5) is 12.0. The Balaban J connectivity index is 0.00000288. The van der Waals surface area contributed by atoms with E-state index in [9.17, 15) is 23.1 Å². The number of ether oxygens (including phenoxy) is 1. The van der Waals surface area contributed by atoms with Crippen LogP contribution in [-0.4, -0.2) is 42.5 Å². The predicted octanol–water partition coefficient (Wildman–Crippen LogP) is 1.95. The highest BCUT2D eigenvalue weighted by Crippen LogP contribution is 2.21. The van der Waals surface area contributed by atoms with Crippen LogP contribution in [0, 0.1) is 0 Å². The zero-order valence-corrected chi connectivity index (χ0v) is 13.8. The van der Waals surface area contributed by atoms with Crippen molar-refractivity contribution in [2.75, 3.05) is 13.2 Å². The molecule has 3 N–H and O–H groups in total. The molecule has 1 aromatic carbocycles. The van der Waals surface area contributed by atoms with Crippen molar-refractivity contribution in [3.05, 3.63) is 29.8 Å². The molecule has 136 valence electrons. The monoisotopic (exact) mass is 368 g/mol. The van der Waals surface area contributed by atoms with Gasteiger partial charge in [-0.1, -0.05) is 12.1 Å². The Kier molecular flexibility index (Phi) is 7.31. The normalized spacial score (nSPS) is 21.7. The summed E-state index contributed by atoms with van der Waals surface area (Å²) in [6.45, 7) is 0.820. The van der Waals surface area contributed by atoms with E-state index in [1.165, 1.54) is 12.1 Å². The molecule has 1 aromatic rings. The summed E-state index contributed by atoms with van der Waals surface area (Å²) in [5.41, 5.74) is 0.747. The van der Waals surface area contributed by atoms with Crippen LogP contribution in [0.4, 0.5) is 13.2 Å². The first-order valence-electron chi connectivity index (χ1n) is 7.26. The second-order valence-electron chi connectivity index (χ2n) is 5.55. The molecular formula is C15H20ClF3N2O3. The molecule has 9 heteroatoms. The van der Waals surface area contributed by atoms with Crippen LogP contribution in [0.15, 0.2) is 24.3 Å². The average molecular weight is 369 g/mol. The predicted molar refractivity (Wildman–Crippen MR) is 84.2 cm³/mol. The maximum absolute atomic E-state index is 12.1. The lowest BCUT2D eigenvalue weighted by molar-refractivity contribution is -0.153. The SMILES string of the molecule is CC(NC(=O)C1CC(O)CN1)c1ccc(OCC(F)(F)F)cc1.Cl. The van der Waals surface area contributed by atoms with Gasteiger partial charge in [0.15, 0.2) is 6.61 Å². The first kappa shape index (κ1) is 20.5. The lowest BCUT2D eigenvalue weighted by atomic mass is 10.1. The van der Waals surface area contributed by atoms with Crippen molar-refractivity contribution in [2.45, 2.75) is 37.7 Å². The molecule has 1 aliphatic heterocycles. The summed E-state index contributed by atoms with van der Waals surface area (Å²) >= 11 is 0. The van der Waals surface area contributed by atoms with Gasteiger partial charge in [-0.25, -0.2) is 0 Å². The molecule has 0 aliphatic carbocycles. The van der Waals surface area contributed by atoms with Crippen LogP contribution >= 0.6 is 12.4 Å². The van der Waals surface area contributed by atoms with E-state index in [0.717, 1.165) is 5.56 Å². The number of benzene rings is 1. The molecule has 1 fully saturated rings. The van der Waals surface area contributed by atoms with Crippen molar-refractivity contribution in [2.24, 2.45) is 0 Å². The van der Waals surface area contributed by atoms with Gasteiger partial charge in [0, 0.05) is 6.54 Å². The van der Waals surface area contributed by atoms with Gasteiger partial charge in [0.25, 0.3) is 0 Å². The molecule has 1 aliphatic rings. The van der Waals surface area contributed by atoms with Gasteiger partial charge in [0.05, 0.1) is 18.2 Å². The molecule has 3 unspecified atom stereocenters. The van der Waals surface area contributed by atoms with E-state index < -0.39 is 24.9 Å². The highest BCUT2D eigenvalue weighted by atomic mass is 35.5. The summed E-state index contributed by atoms with van der Waals surface area (Å²) < 4.78 is 40.8. The van der Waals surface area contributed by atoms with Crippen molar-refractivity contribution >= 4 is 18.3 Å². The van der Waals surface area contributed by atoms with Crippen molar-refractivity contribution < 1.29 is 27.8 Å².